The van der Waals surface area contributed by atoms with Crippen LogP contribution in [0, 0.1) is 6.92 Å². The maximum atomic E-state index is 9.76. The molecule has 0 fully saturated rings. The molecule has 0 bridgehead atoms. The Morgan fingerprint density at radius 3 is 2.76 bits per heavy atom. The Labute approximate surface area is 127 Å². The second kappa shape index (κ2) is 5.58. The molecule has 0 radical (unpaired) electrons. The van der Waals surface area contributed by atoms with Gasteiger partial charge in [0, 0.05) is 0 Å². The molecule has 1 N–H and O–H groups in total. The highest BCUT2D eigenvalue weighted by molar-refractivity contribution is 7.19. The van der Waals surface area contributed by atoms with Crippen LogP contribution in [0.25, 0.3) is 22.4 Å². The Balaban J connectivity index is 1.88. The van der Waals surface area contributed by atoms with Crippen LogP contribution in [0.1, 0.15) is 16.1 Å². The molecule has 2 aromatic carbocycles. The summed E-state index contributed by atoms with van der Waals surface area (Å²) in [4.78, 5) is 4.59. The summed E-state index contributed by atoms with van der Waals surface area (Å²) in [6, 6.07) is 11.6. The Morgan fingerprint density at radius 1 is 1.14 bits per heavy atom. The van der Waals surface area contributed by atoms with Gasteiger partial charge in [-0.1, -0.05) is 18.2 Å². The van der Waals surface area contributed by atoms with E-state index in [0.29, 0.717) is 5.75 Å². The van der Waals surface area contributed by atoms with Gasteiger partial charge in [-0.15, -0.1) is 11.3 Å². The lowest BCUT2D eigenvalue weighted by molar-refractivity contribution is 0.373. The van der Waals surface area contributed by atoms with Crippen LogP contribution in [0.2, 0.25) is 0 Å². The third-order valence-electron chi connectivity index (χ3n) is 3.18. The van der Waals surface area contributed by atoms with Gasteiger partial charge in [0.25, 0.3) is 0 Å². The van der Waals surface area contributed by atoms with Crippen LogP contribution >= 0.6 is 11.3 Å². The van der Waals surface area contributed by atoms with Crippen molar-refractivity contribution in [3.8, 4) is 11.5 Å². The molecule has 0 spiro atoms. The summed E-state index contributed by atoms with van der Waals surface area (Å²) in [5.41, 5.74) is 3.14. The fourth-order valence-electron chi connectivity index (χ4n) is 2.10. The molecule has 0 amide bonds. The number of benzene rings is 2. The van der Waals surface area contributed by atoms with Gasteiger partial charge >= 0.3 is 0 Å². The minimum Gasteiger partial charge on any atom is -0.504 e. The molecule has 106 valence electrons. The fraction of sp³-hybridized carbons (Fsp3) is 0.118. The number of aromatic nitrogens is 1. The van der Waals surface area contributed by atoms with Gasteiger partial charge in [-0.25, -0.2) is 4.98 Å². The number of phenolic OH excluding ortho intramolecular Hbond substituents is 1. The Kier molecular flexibility index (Phi) is 3.62. The van der Waals surface area contributed by atoms with Gasteiger partial charge in [-0.2, -0.15) is 0 Å². The van der Waals surface area contributed by atoms with E-state index in [9.17, 15) is 5.11 Å². The molecule has 4 heteroatoms. The summed E-state index contributed by atoms with van der Waals surface area (Å²) in [6.45, 7) is 2.06. The van der Waals surface area contributed by atoms with E-state index >= 15 is 0 Å². The average molecular weight is 297 g/mol. The number of ether oxygens (including phenoxy) is 1. The predicted octanol–water partition coefficient (Wildman–Crippen LogP) is 4.49. The second-order valence-electron chi connectivity index (χ2n) is 4.79. The number of aromatic hydroxyl groups is 1. The molecular formula is C17H15NO2S. The molecule has 0 saturated heterocycles. The topological polar surface area (TPSA) is 42.4 Å². The van der Waals surface area contributed by atoms with E-state index in [2.05, 4.69) is 30.1 Å². The van der Waals surface area contributed by atoms with Crippen molar-refractivity contribution in [2.45, 2.75) is 6.92 Å². The number of thiazole rings is 1. The first-order chi connectivity index (χ1) is 10.2. The van der Waals surface area contributed by atoms with Crippen LogP contribution in [-0.2, 0) is 0 Å². The lowest BCUT2D eigenvalue weighted by Gasteiger charge is -2.02. The quantitative estimate of drug-likeness (QED) is 0.774. The molecule has 3 aromatic rings. The summed E-state index contributed by atoms with van der Waals surface area (Å²) in [7, 11) is 1.54. The number of methoxy groups -OCH3 is 1. The molecule has 1 heterocycles. The van der Waals surface area contributed by atoms with Crippen LogP contribution in [0.3, 0.4) is 0 Å². The molecular weight excluding hydrogens is 282 g/mol. The summed E-state index contributed by atoms with van der Waals surface area (Å²) in [5.74, 6) is 0.613. The van der Waals surface area contributed by atoms with Crippen molar-refractivity contribution in [3.05, 3.63) is 52.5 Å². The molecule has 0 aliphatic rings. The molecule has 3 nitrogen and oxygen atoms in total. The SMILES string of the molecule is COc1ccc(C=Cc2nc3cc(C)ccc3s2)cc1O. The number of hydrogen-bond acceptors (Lipinski definition) is 4. The van der Waals surface area contributed by atoms with Crippen LogP contribution in [-0.4, -0.2) is 17.2 Å². The van der Waals surface area contributed by atoms with Gasteiger partial charge in [0.05, 0.1) is 17.3 Å². The van der Waals surface area contributed by atoms with E-state index in [1.807, 2.05) is 18.2 Å². The van der Waals surface area contributed by atoms with E-state index in [4.69, 9.17) is 4.74 Å². The maximum absolute atomic E-state index is 9.76. The fourth-order valence-corrected chi connectivity index (χ4v) is 2.96. The Bertz CT molecular complexity index is 821. The van der Waals surface area contributed by atoms with Crippen molar-refractivity contribution < 1.29 is 9.84 Å². The predicted molar refractivity (Wildman–Crippen MR) is 87.9 cm³/mol. The van der Waals surface area contributed by atoms with Crippen molar-refractivity contribution in [2.75, 3.05) is 7.11 Å². The molecule has 0 saturated carbocycles. The molecule has 0 aliphatic carbocycles. The van der Waals surface area contributed by atoms with Gasteiger partial charge in [-0.05, 0) is 48.4 Å². The maximum Gasteiger partial charge on any atom is 0.160 e. The first-order valence-corrected chi connectivity index (χ1v) is 7.39. The van der Waals surface area contributed by atoms with Crippen molar-refractivity contribution in [1.29, 1.82) is 0 Å². The number of aryl methyl sites for hydroxylation is 1. The zero-order valence-electron chi connectivity index (χ0n) is 11.8. The van der Waals surface area contributed by atoms with Gasteiger partial charge in [0.15, 0.2) is 11.5 Å². The first-order valence-electron chi connectivity index (χ1n) is 6.58. The first kappa shape index (κ1) is 13.6. The average Bonchev–Trinajstić information content (AvgIpc) is 2.87. The van der Waals surface area contributed by atoms with Gasteiger partial charge in [-0.3, -0.25) is 0 Å². The van der Waals surface area contributed by atoms with Gasteiger partial charge in [0.1, 0.15) is 5.01 Å². The standard InChI is InChI=1S/C17H15NO2S/c1-11-3-7-16-13(9-11)18-17(21-16)8-5-12-4-6-15(20-2)14(19)10-12/h3-10,19H,1-2H3. The van der Waals surface area contributed by atoms with E-state index < -0.39 is 0 Å². The summed E-state index contributed by atoms with van der Waals surface area (Å²) in [6.07, 6.45) is 3.89. The number of nitrogens with zero attached hydrogens (tertiary/aromatic N) is 1. The molecule has 1 aromatic heterocycles. The molecule has 3 rings (SSSR count). The highest BCUT2D eigenvalue weighted by Gasteiger charge is 2.02. The minimum atomic E-state index is 0.138. The van der Waals surface area contributed by atoms with Crippen LogP contribution in [0.5, 0.6) is 11.5 Å². The van der Waals surface area contributed by atoms with Crippen molar-refractivity contribution >= 4 is 33.7 Å². The highest BCUT2D eigenvalue weighted by atomic mass is 32.1. The minimum absolute atomic E-state index is 0.138. The van der Waals surface area contributed by atoms with E-state index in [-0.39, 0.29) is 5.75 Å². The smallest absolute Gasteiger partial charge is 0.160 e. The van der Waals surface area contributed by atoms with Crippen LogP contribution in [0.4, 0.5) is 0 Å². The monoisotopic (exact) mass is 297 g/mol. The third kappa shape index (κ3) is 2.90. The lowest BCUT2D eigenvalue weighted by Crippen LogP contribution is -1.83. The van der Waals surface area contributed by atoms with Crippen molar-refractivity contribution in [1.82, 2.24) is 4.98 Å². The number of rotatable bonds is 3. The molecule has 0 aliphatic heterocycles. The van der Waals surface area contributed by atoms with Crippen molar-refractivity contribution in [2.24, 2.45) is 0 Å². The summed E-state index contributed by atoms with van der Waals surface area (Å²) < 4.78 is 6.21. The Hall–Kier alpha value is -2.33. The highest BCUT2D eigenvalue weighted by Crippen LogP contribution is 2.28. The summed E-state index contributed by atoms with van der Waals surface area (Å²) >= 11 is 1.65. The largest absolute Gasteiger partial charge is 0.504 e. The zero-order chi connectivity index (χ0) is 14.8. The normalized spacial score (nSPS) is 11.3. The van der Waals surface area contributed by atoms with E-state index in [0.717, 1.165) is 16.1 Å². The summed E-state index contributed by atoms with van der Waals surface area (Å²) in [5, 5.41) is 10.7. The van der Waals surface area contributed by atoms with Crippen LogP contribution in [0.15, 0.2) is 36.4 Å². The number of fused-ring (bicyclic) bond motifs is 1. The molecule has 0 unspecified atom stereocenters. The number of phenols is 1. The third-order valence-corrected chi connectivity index (χ3v) is 4.18. The number of hydrogen-bond donors (Lipinski definition) is 1. The second-order valence-corrected chi connectivity index (χ2v) is 5.85. The molecule has 0 atom stereocenters. The Morgan fingerprint density at radius 2 is 2.00 bits per heavy atom. The van der Waals surface area contributed by atoms with Gasteiger partial charge < -0.3 is 9.84 Å². The molecule has 21 heavy (non-hydrogen) atoms. The van der Waals surface area contributed by atoms with Crippen molar-refractivity contribution in [3.63, 3.8) is 0 Å². The zero-order valence-corrected chi connectivity index (χ0v) is 12.6. The van der Waals surface area contributed by atoms with Crippen LogP contribution < -0.4 is 4.74 Å². The van der Waals surface area contributed by atoms with E-state index in [1.54, 1.807) is 23.5 Å². The lowest BCUT2D eigenvalue weighted by atomic mass is 10.2. The van der Waals surface area contributed by atoms with Gasteiger partial charge in [0.2, 0.25) is 0 Å². The van der Waals surface area contributed by atoms with E-state index in [1.165, 1.54) is 17.4 Å².